The van der Waals surface area contributed by atoms with Crippen LogP contribution >= 0.6 is 11.6 Å². The maximum absolute atomic E-state index is 13.6. The standard InChI is InChI=1S/C23H21ClFN3O4S.C2HF3O2/c24-19-6-1-2-7-21(19)27-10-12-28(13-11-27)22-9-8-16(23(29)30)14-20(22)26-33(31,32)18-5-3-4-17(25)15-18;3-2(4,5)1(6)7/h1-9,14-15,26H,10-13H2,(H,29,30);(H,6,7). The molecule has 0 atom stereocenters. The van der Waals surface area contributed by atoms with Gasteiger partial charge in [-0.25, -0.2) is 22.4 Å². The molecule has 1 fully saturated rings. The minimum Gasteiger partial charge on any atom is -0.478 e. The zero-order chi connectivity index (χ0) is 29.7. The van der Waals surface area contributed by atoms with Crippen LogP contribution in [-0.4, -0.2) is 62.9 Å². The SMILES string of the molecule is O=C(O)C(F)(F)F.O=C(O)c1ccc(N2CCN(c3ccccc3Cl)CC2)c(NS(=O)(=O)c2cccc(F)c2)c1. The average molecular weight is 604 g/mol. The molecule has 1 saturated heterocycles. The molecule has 40 heavy (non-hydrogen) atoms. The maximum Gasteiger partial charge on any atom is 0.490 e. The number of aromatic carboxylic acids is 1. The zero-order valence-corrected chi connectivity index (χ0v) is 22.0. The van der Waals surface area contributed by atoms with Crippen LogP contribution in [0.15, 0.2) is 71.6 Å². The Kier molecular flexibility index (Phi) is 9.48. The van der Waals surface area contributed by atoms with Gasteiger partial charge in [0, 0.05) is 26.2 Å². The minimum absolute atomic E-state index is 0.0644. The largest absolute Gasteiger partial charge is 0.490 e. The molecule has 3 aromatic rings. The van der Waals surface area contributed by atoms with E-state index in [-0.39, 0.29) is 16.1 Å². The van der Waals surface area contributed by atoms with Crippen LogP contribution in [0.2, 0.25) is 5.02 Å². The predicted octanol–water partition coefficient (Wildman–Crippen LogP) is 4.94. The van der Waals surface area contributed by atoms with Crippen molar-refractivity contribution in [1.82, 2.24) is 0 Å². The molecule has 4 rings (SSSR count). The van der Waals surface area contributed by atoms with Gasteiger partial charge < -0.3 is 20.0 Å². The van der Waals surface area contributed by atoms with Gasteiger partial charge in [-0.1, -0.05) is 29.8 Å². The fourth-order valence-electron chi connectivity index (χ4n) is 3.76. The van der Waals surface area contributed by atoms with Crippen LogP contribution < -0.4 is 14.5 Å². The molecule has 3 N–H and O–H groups in total. The Morgan fingerprint density at radius 3 is 1.95 bits per heavy atom. The first-order valence-electron chi connectivity index (χ1n) is 11.4. The van der Waals surface area contributed by atoms with Crippen molar-refractivity contribution in [3.63, 3.8) is 0 Å². The van der Waals surface area contributed by atoms with Crippen LogP contribution in [0.25, 0.3) is 0 Å². The van der Waals surface area contributed by atoms with Crippen molar-refractivity contribution in [2.24, 2.45) is 0 Å². The Bertz CT molecular complexity index is 1500. The number of para-hydroxylation sites is 1. The Labute approximate surface area is 231 Å². The second-order valence-corrected chi connectivity index (χ2v) is 10.4. The monoisotopic (exact) mass is 603 g/mol. The number of nitrogens with zero attached hydrogens (tertiary/aromatic N) is 2. The zero-order valence-electron chi connectivity index (χ0n) is 20.4. The molecule has 0 aliphatic carbocycles. The van der Waals surface area contributed by atoms with Gasteiger partial charge in [-0.2, -0.15) is 13.2 Å². The molecule has 3 aromatic carbocycles. The van der Waals surface area contributed by atoms with Crippen molar-refractivity contribution in [3.8, 4) is 0 Å². The summed E-state index contributed by atoms with van der Waals surface area (Å²) in [5.74, 6) is -4.63. The Hall–Kier alpha value is -4.04. The molecule has 214 valence electrons. The van der Waals surface area contributed by atoms with Crippen LogP contribution in [0, 0.1) is 5.82 Å². The number of carboxylic acid groups (broad SMARTS) is 2. The molecular weight excluding hydrogens is 582 g/mol. The van der Waals surface area contributed by atoms with Gasteiger partial charge in [0.05, 0.1) is 32.5 Å². The molecular formula is C25H22ClF4N3O6S. The van der Waals surface area contributed by atoms with Crippen LogP contribution in [0.5, 0.6) is 0 Å². The third kappa shape index (κ3) is 7.76. The minimum atomic E-state index is -5.08. The highest BCUT2D eigenvalue weighted by molar-refractivity contribution is 7.92. The van der Waals surface area contributed by atoms with E-state index in [2.05, 4.69) is 9.62 Å². The lowest BCUT2D eigenvalue weighted by Crippen LogP contribution is -2.46. The number of rotatable bonds is 6. The molecule has 0 radical (unpaired) electrons. The van der Waals surface area contributed by atoms with E-state index < -0.39 is 34.0 Å². The second kappa shape index (κ2) is 12.4. The molecule has 0 aromatic heterocycles. The predicted molar refractivity (Wildman–Crippen MR) is 140 cm³/mol. The summed E-state index contributed by atoms with van der Waals surface area (Å²) in [4.78, 5) is 24.3. The molecule has 0 bridgehead atoms. The molecule has 1 aliphatic heterocycles. The van der Waals surface area contributed by atoms with Gasteiger partial charge in [0.15, 0.2) is 0 Å². The first-order valence-corrected chi connectivity index (χ1v) is 13.3. The molecule has 0 spiro atoms. The van der Waals surface area contributed by atoms with E-state index in [0.717, 1.165) is 17.8 Å². The lowest BCUT2D eigenvalue weighted by atomic mass is 10.1. The number of anilines is 3. The van der Waals surface area contributed by atoms with Crippen molar-refractivity contribution in [3.05, 3.63) is 83.1 Å². The number of alkyl halides is 3. The van der Waals surface area contributed by atoms with Crippen LogP contribution in [-0.2, 0) is 14.8 Å². The number of hydrogen-bond acceptors (Lipinski definition) is 6. The van der Waals surface area contributed by atoms with Gasteiger partial charge >= 0.3 is 18.1 Å². The number of halogens is 5. The number of carbonyl (C=O) groups is 2. The van der Waals surface area contributed by atoms with Gasteiger partial charge in [0.25, 0.3) is 10.0 Å². The van der Waals surface area contributed by atoms with Crippen molar-refractivity contribution < 1.29 is 45.8 Å². The van der Waals surface area contributed by atoms with Gasteiger partial charge in [0.2, 0.25) is 0 Å². The Morgan fingerprint density at radius 1 is 0.850 bits per heavy atom. The summed E-state index contributed by atoms with van der Waals surface area (Å²) in [5.41, 5.74) is 1.52. The van der Waals surface area contributed by atoms with Gasteiger partial charge in [-0.15, -0.1) is 0 Å². The van der Waals surface area contributed by atoms with E-state index >= 15 is 0 Å². The number of hydrogen-bond donors (Lipinski definition) is 3. The number of sulfonamides is 1. The smallest absolute Gasteiger partial charge is 0.478 e. The lowest BCUT2D eigenvalue weighted by molar-refractivity contribution is -0.192. The second-order valence-electron chi connectivity index (χ2n) is 8.33. The molecule has 15 heteroatoms. The summed E-state index contributed by atoms with van der Waals surface area (Å²) in [5, 5.41) is 17.2. The average Bonchev–Trinajstić information content (AvgIpc) is 2.89. The highest BCUT2D eigenvalue weighted by Gasteiger charge is 2.38. The summed E-state index contributed by atoms with van der Waals surface area (Å²) >= 11 is 6.31. The van der Waals surface area contributed by atoms with Crippen molar-refractivity contribution in [2.45, 2.75) is 11.1 Å². The molecule has 1 aliphatic rings. The van der Waals surface area contributed by atoms with E-state index in [1.165, 1.54) is 24.3 Å². The van der Waals surface area contributed by atoms with Gasteiger partial charge in [0.1, 0.15) is 5.82 Å². The quantitative estimate of drug-likeness (QED) is 0.338. The van der Waals surface area contributed by atoms with Crippen molar-refractivity contribution >= 4 is 50.6 Å². The Balaban J connectivity index is 0.000000559. The van der Waals surface area contributed by atoms with Crippen LogP contribution in [0.1, 0.15) is 10.4 Å². The van der Waals surface area contributed by atoms with E-state index in [9.17, 15) is 35.9 Å². The maximum atomic E-state index is 13.6. The third-order valence-corrected chi connectivity index (χ3v) is 7.33. The fraction of sp³-hybridized carbons (Fsp3) is 0.200. The summed E-state index contributed by atoms with van der Waals surface area (Å²) in [6.45, 7) is 2.40. The van der Waals surface area contributed by atoms with E-state index in [1.54, 1.807) is 6.07 Å². The normalized spacial score (nSPS) is 13.7. The fourth-order valence-corrected chi connectivity index (χ4v) is 5.11. The number of nitrogens with one attached hydrogen (secondary N) is 1. The number of aliphatic carboxylic acids is 1. The van der Waals surface area contributed by atoms with Crippen LogP contribution in [0.4, 0.5) is 34.6 Å². The first-order chi connectivity index (χ1) is 18.7. The van der Waals surface area contributed by atoms with Gasteiger partial charge in [-0.05, 0) is 48.5 Å². The topological polar surface area (TPSA) is 127 Å². The third-order valence-electron chi connectivity index (χ3n) is 5.65. The Morgan fingerprint density at radius 2 is 1.43 bits per heavy atom. The molecule has 0 saturated carbocycles. The van der Waals surface area contributed by atoms with E-state index in [0.29, 0.717) is 36.9 Å². The molecule has 0 amide bonds. The van der Waals surface area contributed by atoms with Gasteiger partial charge in [-0.3, -0.25) is 4.72 Å². The summed E-state index contributed by atoms with van der Waals surface area (Å²) in [7, 11) is -4.14. The van der Waals surface area contributed by atoms with Crippen LogP contribution in [0.3, 0.4) is 0 Å². The summed E-state index contributed by atoms with van der Waals surface area (Å²) in [6, 6.07) is 16.5. The van der Waals surface area contributed by atoms with E-state index in [4.69, 9.17) is 21.5 Å². The van der Waals surface area contributed by atoms with Crippen molar-refractivity contribution in [1.29, 1.82) is 0 Å². The number of piperazine rings is 1. The molecule has 1 heterocycles. The molecule has 9 nitrogen and oxygen atoms in total. The van der Waals surface area contributed by atoms with Crippen molar-refractivity contribution in [2.75, 3.05) is 40.7 Å². The highest BCUT2D eigenvalue weighted by Crippen LogP contribution is 2.32. The first kappa shape index (κ1) is 30.5. The van der Waals surface area contributed by atoms with E-state index in [1.807, 2.05) is 29.2 Å². The number of carboxylic acids is 2. The number of benzene rings is 3. The lowest BCUT2D eigenvalue weighted by Gasteiger charge is -2.38. The molecule has 0 unspecified atom stereocenters. The highest BCUT2D eigenvalue weighted by atomic mass is 35.5. The summed E-state index contributed by atoms with van der Waals surface area (Å²) < 4.78 is 73.5. The summed E-state index contributed by atoms with van der Waals surface area (Å²) in [6.07, 6.45) is -5.08.